The van der Waals surface area contributed by atoms with Gasteiger partial charge in [0.15, 0.2) is 0 Å². The first-order valence-electron chi connectivity index (χ1n) is 11.7. The fourth-order valence-corrected chi connectivity index (χ4v) is 4.53. The minimum Gasteiger partial charge on any atom is -0.378 e. The van der Waals surface area contributed by atoms with Gasteiger partial charge in [-0.3, -0.25) is 9.59 Å². The van der Waals surface area contributed by atoms with E-state index in [1.54, 1.807) is 16.9 Å². The number of carbonyl (C=O) groups excluding carboxylic acids is 1. The van der Waals surface area contributed by atoms with E-state index in [0.717, 1.165) is 18.6 Å². The summed E-state index contributed by atoms with van der Waals surface area (Å²) < 4.78 is 70.8. The summed E-state index contributed by atoms with van der Waals surface area (Å²) in [6, 6.07) is -0.657. The molecule has 202 valence electrons. The van der Waals surface area contributed by atoms with Gasteiger partial charge in [0.2, 0.25) is 5.95 Å². The first-order valence-corrected chi connectivity index (χ1v) is 11.7. The molecule has 10 nitrogen and oxygen atoms in total. The summed E-state index contributed by atoms with van der Waals surface area (Å²) in [6.07, 6.45) is -3.37. The zero-order chi connectivity index (χ0) is 26.7. The van der Waals surface area contributed by atoms with E-state index in [9.17, 15) is 31.5 Å². The molecule has 0 radical (unpaired) electrons. The average molecular weight is 531 g/mol. The molecular weight excluding hydrogens is 505 g/mol. The van der Waals surface area contributed by atoms with Gasteiger partial charge in [0.25, 0.3) is 17.9 Å². The van der Waals surface area contributed by atoms with Crippen LogP contribution in [0.25, 0.3) is 0 Å². The van der Waals surface area contributed by atoms with Gasteiger partial charge in [0.05, 0.1) is 24.1 Å². The zero-order valence-electron chi connectivity index (χ0n) is 19.8. The molecule has 2 atom stereocenters. The van der Waals surface area contributed by atoms with E-state index in [2.05, 4.69) is 20.4 Å². The summed E-state index contributed by atoms with van der Waals surface area (Å²) in [5, 5.41) is 7.78. The van der Waals surface area contributed by atoms with E-state index in [0.29, 0.717) is 44.8 Å². The summed E-state index contributed by atoms with van der Waals surface area (Å²) in [5.41, 5.74) is -3.44. The van der Waals surface area contributed by atoms with Crippen molar-refractivity contribution in [2.45, 2.75) is 57.0 Å². The number of carbonyl (C=O) groups is 1. The quantitative estimate of drug-likeness (QED) is 0.500. The number of H-pyrrole nitrogens is 1. The van der Waals surface area contributed by atoms with Gasteiger partial charge in [-0.1, -0.05) is 0 Å². The molecule has 2 fully saturated rings. The Bertz CT molecular complexity index is 1140. The molecule has 0 aromatic carbocycles. The van der Waals surface area contributed by atoms with Gasteiger partial charge in [0.1, 0.15) is 11.7 Å². The second kappa shape index (κ2) is 10.9. The van der Waals surface area contributed by atoms with E-state index in [1.165, 1.54) is 0 Å². The van der Waals surface area contributed by atoms with Crippen LogP contribution in [-0.2, 0) is 15.7 Å². The molecule has 2 aliphatic rings. The number of nitrogens with one attached hydrogen (secondary N) is 2. The number of ether oxygens (including phenoxy) is 1. The highest BCUT2D eigenvalue weighted by Crippen LogP contribution is 2.32. The van der Waals surface area contributed by atoms with Crippen LogP contribution in [0.1, 0.15) is 43.7 Å². The average Bonchev–Trinajstić information content (AvgIpc) is 3.22. The zero-order valence-corrected chi connectivity index (χ0v) is 19.8. The molecule has 2 saturated heterocycles. The molecular formula is C22H26F5N7O3. The Morgan fingerprint density at radius 2 is 1.78 bits per heavy atom. The van der Waals surface area contributed by atoms with Crippen LogP contribution in [0, 0.1) is 0 Å². The number of piperidine rings is 1. The standard InChI is InChI=1S/C22H26F5N7O3/c1-12(31-15-10-30-32-19(35)17(15)22(25,26)27)11-37-16-4-7-34(20(16)36)14-2-5-33(6-3-14)21-28-8-13(9-29-21)18(23)24/h8-10,12,14,16,18H,2-7,11H2,1H3,(H2,31,32,35)/t12?,16-/m0/s1. The van der Waals surface area contributed by atoms with E-state index in [1.807, 2.05) is 4.90 Å². The lowest BCUT2D eigenvalue weighted by Crippen LogP contribution is -2.47. The predicted molar refractivity (Wildman–Crippen MR) is 121 cm³/mol. The lowest BCUT2D eigenvalue weighted by atomic mass is 10.0. The summed E-state index contributed by atoms with van der Waals surface area (Å²) in [5.74, 6) is 0.180. The predicted octanol–water partition coefficient (Wildman–Crippen LogP) is 2.60. The van der Waals surface area contributed by atoms with E-state index < -0.39 is 41.6 Å². The van der Waals surface area contributed by atoms with Gasteiger partial charge in [0, 0.05) is 50.5 Å². The number of rotatable bonds is 8. The van der Waals surface area contributed by atoms with E-state index in [-0.39, 0.29) is 24.1 Å². The lowest BCUT2D eigenvalue weighted by Gasteiger charge is -2.36. The van der Waals surface area contributed by atoms with E-state index >= 15 is 0 Å². The third kappa shape index (κ3) is 6.14. The maximum atomic E-state index is 13.2. The van der Waals surface area contributed by atoms with Crippen LogP contribution in [0.4, 0.5) is 33.6 Å². The molecule has 15 heteroatoms. The van der Waals surface area contributed by atoms with Crippen LogP contribution >= 0.6 is 0 Å². The van der Waals surface area contributed by atoms with Gasteiger partial charge >= 0.3 is 6.18 Å². The minimum absolute atomic E-state index is 0.0234. The third-order valence-corrected chi connectivity index (χ3v) is 6.38. The van der Waals surface area contributed by atoms with Crippen molar-refractivity contribution in [3.05, 3.63) is 40.1 Å². The van der Waals surface area contributed by atoms with Crippen molar-refractivity contribution in [1.82, 2.24) is 25.1 Å². The van der Waals surface area contributed by atoms with Crippen molar-refractivity contribution in [2.24, 2.45) is 0 Å². The Balaban J connectivity index is 1.27. The van der Waals surface area contributed by atoms with E-state index in [4.69, 9.17) is 4.74 Å². The summed E-state index contributed by atoms with van der Waals surface area (Å²) in [6.45, 7) is 3.12. The van der Waals surface area contributed by atoms with Crippen molar-refractivity contribution in [3.8, 4) is 0 Å². The molecule has 0 spiro atoms. The summed E-state index contributed by atoms with van der Waals surface area (Å²) in [4.78, 5) is 36.2. The second-order valence-corrected chi connectivity index (χ2v) is 9.01. The molecule has 2 aromatic rings. The number of anilines is 2. The highest BCUT2D eigenvalue weighted by atomic mass is 19.4. The fourth-order valence-electron chi connectivity index (χ4n) is 4.53. The fraction of sp³-hybridized carbons (Fsp3) is 0.591. The second-order valence-electron chi connectivity index (χ2n) is 9.01. The molecule has 37 heavy (non-hydrogen) atoms. The molecule has 2 aliphatic heterocycles. The molecule has 4 rings (SSSR count). The van der Waals surface area contributed by atoms with Gasteiger partial charge in [-0.05, 0) is 19.8 Å². The lowest BCUT2D eigenvalue weighted by molar-refractivity contribution is -0.139. The van der Waals surface area contributed by atoms with Crippen LogP contribution < -0.4 is 15.8 Å². The smallest absolute Gasteiger partial charge is 0.378 e. The van der Waals surface area contributed by atoms with Gasteiger partial charge in [-0.25, -0.2) is 23.8 Å². The van der Waals surface area contributed by atoms with Gasteiger partial charge < -0.3 is 19.9 Å². The summed E-state index contributed by atoms with van der Waals surface area (Å²) >= 11 is 0. The summed E-state index contributed by atoms with van der Waals surface area (Å²) in [7, 11) is 0. The number of alkyl halides is 5. The number of aromatic amines is 1. The van der Waals surface area contributed by atoms with Crippen molar-refractivity contribution in [2.75, 3.05) is 36.5 Å². The van der Waals surface area contributed by atoms with Crippen LogP contribution in [0.15, 0.2) is 23.4 Å². The number of hydrogen-bond acceptors (Lipinski definition) is 8. The third-order valence-electron chi connectivity index (χ3n) is 6.38. The monoisotopic (exact) mass is 531 g/mol. The highest BCUT2D eigenvalue weighted by molar-refractivity contribution is 5.83. The molecule has 4 heterocycles. The number of likely N-dealkylation sites (tertiary alicyclic amines) is 1. The Hall–Kier alpha value is -3.36. The van der Waals surface area contributed by atoms with Crippen molar-refractivity contribution < 1.29 is 31.5 Å². The largest absolute Gasteiger partial charge is 0.423 e. The van der Waals surface area contributed by atoms with Crippen LogP contribution in [0.5, 0.6) is 0 Å². The molecule has 2 N–H and O–H groups in total. The van der Waals surface area contributed by atoms with Crippen molar-refractivity contribution >= 4 is 17.5 Å². The first kappa shape index (κ1) is 26.7. The Labute approximate surface area is 208 Å². The number of amides is 1. The SMILES string of the molecule is CC(CO[C@H]1CCN(C2CCN(c3ncc(C(F)F)cn3)CC2)C1=O)Nc1cn[nH]c(=O)c1C(F)(F)F. The van der Waals surface area contributed by atoms with Crippen molar-refractivity contribution in [1.29, 1.82) is 0 Å². The van der Waals surface area contributed by atoms with Crippen LogP contribution in [-0.4, -0.2) is 75.4 Å². The minimum atomic E-state index is -4.86. The first-order chi connectivity index (χ1) is 17.5. The maximum Gasteiger partial charge on any atom is 0.423 e. The number of nitrogens with zero attached hydrogens (tertiary/aromatic N) is 5. The topological polar surface area (TPSA) is 116 Å². The number of halogens is 5. The van der Waals surface area contributed by atoms with Crippen molar-refractivity contribution in [3.63, 3.8) is 0 Å². The van der Waals surface area contributed by atoms with Crippen LogP contribution in [0.2, 0.25) is 0 Å². The van der Waals surface area contributed by atoms with Crippen LogP contribution in [0.3, 0.4) is 0 Å². The highest BCUT2D eigenvalue weighted by Gasteiger charge is 2.39. The maximum absolute atomic E-state index is 13.2. The molecule has 1 amide bonds. The Morgan fingerprint density at radius 1 is 1.11 bits per heavy atom. The number of aromatic nitrogens is 4. The Kier molecular flexibility index (Phi) is 7.90. The van der Waals surface area contributed by atoms with Gasteiger partial charge in [-0.2, -0.15) is 18.3 Å². The number of hydrogen-bond donors (Lipinski definition) is 2. The Morgan fingerprint density at radius 3 is 2.41 bits per heavy atom. The molecule has 2 aromatic heterocycles. The van der Waals surface area contributed by atoms with Gasteiger partial charge in [-0.15, -0.1) is 0 Å². The molecule has 1 unspecified atom stereocenters. The molecule has 0 bridgehead atoms. The normalized spacial score (nSPS) is 20.1. The molecule has 0 saturated carbocycles. The molecule has 0 aliphatic carbocycles.